The summed E-state index contributed by atoms with van der Waals surface area (Å²) in [6.45, 7) is 4.77. The zero-order valence-corrected chi connectivity index (χ0v) is 13.6. The van der Waals surface area contributed by atoms with Crippen molar-refractivity contribution in [3.8, 4) is 0 Å². The number of nitrogens with zero attached hydrogens (tertiary/aromatic N) is 2. The summed E-state index contributed by atoms with van der Waals surface area (Å²) in [5.74, 6) is 0.463. The van der Waals surface area contributed by atoms with Gasteiger partial charge in [-0.2, -0.15) is 0 Å². The average Bonchev–Trinajstić information content (AvgIpc) is 2.56. The molecule has 0 atom stereocenters. The molecule has 0 aliphatic heterocycles. The number of nitrogen functional groups attached to an aromatic ring is 1. The summed E-state index contributed by atoms with van der Waals surface area (Å²) < 4.78 is 4.58. The van der Waals surface area contributed by atoms with E-state index in [1.54, 1.807) is 4.68 Å². The van der Waals surface area contributed by atoms with Crippen molar-refractivity contribution in [3.63, 3.8) is 0 Å². The standard InChI is InChI=1S/C15H20BrN3O/c1-10(2)7-13-14(17)15(20)19(18(13)3)9-11-5-4-6-12(16)8-11/h4-6,8,10H,7,9,17H2,1-3H3. The van der Waals surface area contributed by atoms with Gasteiger partial charge in [-0.1, -0.05) is 41.9 Å². The maximum Gasteiger partial charge on any atom is 0.290 e. The molecule has 2 N–H and O–H groups in total. The minimum atomic E-state index is -0.108. The minimum absolute atomic E-state index is 0.108. The van der Waals surface area contributed by atoms with E-state index < -0.39 is 0 Å². The molecule has 0 aliphatic rings. The van der Waals surface area contributed by atoms with E-state index >= 15 is 0 Å². The van der Waals surface area contributed by atoms with E-state index in [-0.39, 0.29) is 5.56 Å². The number of rotatable bonds is 4. The van der Waals surface area contributed by atoms with Crippen LogP contribution in [0.15, 0.2) is 33.5 Å². The number of hydrogen-bond donors (Lipinski definition) is 1. The molecule has 0 radical (unpaired) electrons. The molecule has 0 unspecified atom stereocenters. The predicted molar refractivity (Wildman–Crippen MR) is 85.9 cm³/mol. The SMILES string of the molecule is CC(C)Cc1c(N)c(=O)n(Cc2cccc(Br)c2)n1C. The Labute approximate surface area is 127 Å². The molecule has 5 heteroatoms. The second-order valence-corrected chi connectivity index (χ2v) is 6.39. The van der Waals surface area contributed by atoms with Crippen LogP contribution >= 0.6 is 15.9 Å². The Morgan fingerprint density at radius 3 is 2.65 bits per heavy atom. The lowest BCUT2D eigenvalue weighted by molar-refractivity contribution is 0.500. The van der Waals surface area contributed by atoms with Crippen molar-refractivity contribution in [1.29, 1.82) is 0 Å². The van der Waals surface area contributed by atoms with Gasteiger partial charge in [0.1, 0.15) is 5.69 Å². The van der Waals surface area contributed by atoms with Crippen LogP contribution in [0.3, 0.4) is 0 Å². The van der Waals surface area contributed by atoms with Crippen LogP contribution in [0, 0.1) is 5.92 Å². The summed E-state index contributed by atoms with van der Waals surface area (Å²) in [4.78, 5) is 12.3. The molecule has 0 bridgehead atoms. The number of anilines is 1. The Morgan fingerprint density at radius 1 is 1.35 bits per heavy atom. The lowest BCUT2D eigenvalue weighted by Gasteiger charge is -2.11. The van der Waals surface area contributed by atoms with Gasteiger partial charge in [0.05, 0.1) is 12.2 Å². The number of halogens is 1. The lowest BCUT2D eigenvalue weighted by Crippen LogP contribution is -2.23. The average molecular weight is 338 g/mol. The largest absolute Gasteiger partial charge is 0.393 e. The first-order valence-corrected chi connectivity index (χ1v) is 7.48. The van der Waals surface area contributed by atoms with Gasteiger partial charge in [0.15, 0.2) is 0 Å². The molecular formula is C15H20BrN3O. The Hall–Kier alpha value is -1.49. The van der Waals surface area contributed by atoms with E-state index in [4.69, 9.17) is 5.73 Å². The third-order valence-electron chi connectivity index (χ3n) is 3.35. The van der Waals surface area contributed by atoms with Crippen molar-refractivity contribution in [3.05, 3.63) is 50.3 Å². The summed E-state index contributed by atoms with van der Waals surface area (Å²) in [5, 5.41) is 0. The summed E-state index contributed by atoms with van der Waals surface area (Å²) in [6, 6.07) is 7.95. The second-order valence-electron chi connectivity index (χ2n) is 5.47. The molecule has 1 aromatic carbocycles. The van der Waals surface area contributed by atoms with Crippen LogP contribution in [0.5, 0.6) is 0 Å². The Morgan fingerprint density at radius 2 is 2.05 bits per heavy atom. The summed E-state index contributed by atoms with van der Waals surface area (Å²) >= 11 is 3.45. The Bertz CT molecular complexity index is 670. The van der Waals surface area contributed by atoms with Crippen molar-refractivity contribution < 1.29 is 0 Å². The first-order valence-electron chi connectivity index (χ1n) is 6.68. The van der Waals surface area contributed by atoms with Crippen molar-refractivity contribution in [2.24, 2.45) is 13.0 Å². The van der Waals surface area contributed by atoms with Crippen molar-refractivity contribution in [2.75, 3.05) is 5.73 Å². The molecular weight excluding hydrogens is 318 g/mol. The molecule has 20 heavy (non-hydrogen) atoms. The smallest absolute Gasteiger partial charge is 0.290 e. The molecule has 0 saturated carbocycles. The van der Waals surface area contributed by atoms with Crippen molar-refractivity contribution >= 4 is 21.6 Å². The highest BCUT2D eigenvalue weighted by atomic mass is 79.9. The zero-order valence-electron chi connectivity index (χ0n) is 12.1. The highest BCUT2D eigenvalue weighted by molar-refractivity contribution is 9.10. The van der Waals surface area contributed by atoms with Gasteiger partial charge >= 0.3 is 0 Å². The fourth-order valence-corrected chi connectivity index (χ4v) is 2.78. The third-order valence-corrected chi connectivity index (χ3v) is 3.84. The maximum atomic E-state index is 12.3. The van der Waals surface area contributed by atoms with E-state index in [1.165, 1.54) is 0 Å². The zero-order chi connectivity index (χ0) is 14.9. The molecule has 0 spiro atoms. The van der Waals surface area contributed by atoms with Gasteiger partial charge in [-0.3, -0.25) is 9.48 Å². The third kappa shape index (κ3) is 2.98. The molecule has 0 aliphatic carbocycles. The van der Waals surface area contributed by atoms with Crippen LogP contribution in [-0.4, -0.2) is 9.36 Å². The molecule has 0 saturated heterocycles. The first kappa shape index (κ1) is 14.9. The number of aromatic nitrogens is 2. The molecule has 2 aromatic rings. The lowest BCUT2D eigenvalue weighted by atomic mass is 10.1. The molecule has 1 aromatic heterocycles. The highest BCUT2D eigenvalue weighted by Crippen LogP contribution is 2.16. The Balaban J connectivity index is 2.40. The predicted octanol–water partition coefficient (Wildman–Crippen LogP) is 2.78. The normalized spacial score (nSPS) is 11.2. The number of benzene rings is 1. The fraction of sp³-hybridized carbons (Fsp3) is 0.400. The summed E-state index contributed by atoms with van der Waals surface area (Å²) in [5.41, 5.74) is 8.22. The van der Waals surface area contributed by atoms with Gasteiger partial charge in [-0.15, -0.1) is 0 Å². The second kappa shape index (κ2) is 5.87. The van der Waals surface area contributed by atoms with Gasteiger partial charge < -0.3 is 5.73 Å². The molecule has 2 rings (SSSR count). The Kier molecular flexibility index (Phi) is 4.38. The molecule has 108 valence electrons. The van der Waals surface area contributed by atoms with Crippen LogP contribution < -0.4 is 11.3 Å². The van der Waals surface area contributed by atoms with Crippen molar-refractivity contribution in [2.45, 2.75) is 26.8 Å². The quantitative estimate of drug-likeness (QED) is 0.932. The van der Waals surface area contributed by atoms with E-state index in [2.05, 4.69) is 29.8 Å². The van der Waals surface area contributed by atoms with Crippen LogP contribution in [0.25, 0.3) is 0 Å². The summed E-state index contributed by atoms with van der Waals surface area (Å²) in [7, 11) is 1.90. The molecule has 1 heterocycles. The number of nitrogens with two attached hydrogens (primary N) is 1. The molecule has 0 amide bonds. The van der Waals surface area contributed by atoms with Crippen LogP contribution in [0.2, 0.25) is 0 Å². The van der Waals surface area contributed by atoms with Gasteiger partial charge in [-0.05, 0) is 30.0 Å². The molecule has 0 fully saturated rings. The monoisotopic (exact) mass is 337 g/mol. The fourth-order valence-electron chi connectivity index (χ4n) is 2.33. The minimum Gasteiger partial charge on any atom is -0.393 e. The van der Waals surface area contributed by atoms with Crippen LogP contribution in [0.1, 0.15) is 25.1 Å². The van der Waals surface area contributed by atoms with Gasteiger partial charge in [-0.25, -0.2) is 4.68 Å². The number of hydrogen-bond acceptors (Lipinski definition) is 2. The van der Waals surface area contributed by atoms with E-state index in [9.17, 15) is 4.79 Å². The van der Waals surface area contributed by atoms with Gasteiger partial charge in [0.2, 0.25) is 0 Å². The first-order chi connectivity index (χ1) is 9.40. The van der Waals surface area contributed by atoms with Crippen LogP contribution in [-0.2, 0) is 20.0 Å². The van der Waals surface area contributed by atoms with Gasteiger partial charge in [0, 0.05) is 11.5 Å². The van der Waals surface area contributed by atoms with E-state index in [0.29, 0.717) is 18.2 Å². The maximum absolute atomic E-state index is 12.3. The van der Waals surface area contributed by atoms with Crippen LogP contribution in [0.4, 0.5) is 5.69 Å². The van der Waals surface area contributed by atoms with E-state index in [0.717, 1.165) is 22.2 Å². The summed E-state index contributed by atoms with van der Waals surface area (Å²) in [6.07, 6.45) is 0.809. The highest BCUT2D eigenvalue weighted by Gasteiger charge is 2.16. The topological polar surface area (TPSA) is 53.0 Å². The van der Waals surface area contributed by atoms with Gasteiger partial charge in [0.25, 0.3) is 5.56 Å². The van der Waals surface area contributed by atoms with Crippen molar-refractivity contribution in [1.82, 2.24) is 9.36 Å². The molecule has 4 nitrogen and oxygen atoms in total. The van der Waals surface area contributed by atoms with E-state index in [1.807, 2.05) is 36.0 Å².